The quantitative estimate of drug-likeness (QED) is 0.620. The maximum atomic E-state index is 10.4. The standard InChI is InChI=1S/C6H9ClO2S/c1-4(6(7)9)3-10-5(2)8/h4H,3H2,1-2H3/t4-/m0/s1. The summed E-state index contributed by atoms with van der Waals surface area (Å²) in [5.74, 6) is 0.257. The predicted molar refractivity (Wildman–Crippen MR) is 43.2 cm³/mol. The van der Waals surface area contributed by atoms with Gasteiger partial charge in [0.15, 0.2) is 5.12 Å². The van der Waals surface area contributed by atoms with Crippen LogP contribution in [0.1, 0.15) is 13.8 Å². The molecule has 0 aliphatic carbocycles. The average Bonchev–Trinajstić information content (AvgIpc) is 1.82. The zero-order valence-electron chi connectivity index (χ0n) is 5.89. The Morgan fingerprint density at radius 2 is 2.10 bits per heavy atom. The van der Waals surface area contributed by atoms with Gasteiger partial charge in [-0.1, -0.05) is 18.7 Å². The van der Waals surface area contributed by atoms with Crippen LogP contribution in [0.5, 0.6) is 0 Å². The molecule has 0 unspecified atom stereocenters. The van der Waals surface area contributed by atoms with Crippen molar-refractivity contribution >= 4 is 33.7 Å². The topological polar surface area (TPSA) is 34.1 Å². The van der Waals surface area contributed by atoms with Crippen molar-refractivity contribution in [2.24, 2.45) is 5.92 Å². The number of hydrogen-bond donors (Lipinski definition) is 0. The number of carbonyl (C=O) groups excluding carboxylic acids is 2. The van der Waals surface area contributed by atoms with Crippen molar-refractivity contribution in [1.82, 2.24) is 0 Å². The van der Waals surface area contributed by atoms with Crippen LogP contribution in [0.3, 0.4) is 0 Å². The van der Waals surface area contributed by atoms with Crippen LogP contribution in [-0.4, -0.2) is 16.1 Å². The van der Waals surface area contributed by atoms with Crippen molar-refractivity contribution in [3.05, 3.63) is 0 Å². The third-order valence-electron chi connectivity index (χ3n) is 0.924. The molecule has 0 amide bonds. The van der Waals surface area contributed by atoms with Gasteiger partial charge in [0.05, 0.1) is 0 Å². The highest BCUT2D eigenvalue weighted by Crippen LogP contribution is 2.10. The average molecular weight is 181 g/mol. The first-order valence-corrected chi connectivity index (χ1v) is 4.23. The molecule has 0 N–H and O–H groups in total. The molecule has 0 aliphatic rings. The fourth-order valence-corrected chi connectivity index (χ4v) is 1.11. The van der Waals surface area contributed by atoms with Crippen LogP contribution in [-0.2, 0) is 9.59 Å². The maximum Gasteiger partial charge on any atom is 0.225 e. The minimum atomic E-state index is -0.381. The van der Waals surface area contributed by atoms with Crippen LogP contribution in [0.2, 0.25) is 0 Å². The van der Waals surface area contributed by atoms with Gasteiger partial charge in [0.1, 0.15) is 0 Å². The molecule has 0 aromatic rings. The van der Waals surface area contributed by atoms with Crippen molar-refractivity contribution in [2.45, 2.75) is 13.8 Å². The van der Waals surface area contributed by atoms with E-state index in [1.807, 2.05) is 0 Å². The molecule has 2 nitrogen and oxygen atoms in total. The van der Waals surface area contributed by atoms with Gasteiger partial charge in [0.2, 0.25) is 5.24 Å². The maximum absolute atomic E-state index is 10.4. The molecule has 58 valence electrons. The first-order valence-electron chi connectivity index (χ1n) is 2.86. The van der Waals surface area contributed by atoms with E-state index >= 15 is 0 Å². The lowest BCUT2D eigenvalue weighted by Gasteiger charge is -2.01. The van der Waals surface area contributed by atoms with E-state index in [1.165, 1.54) is 6.92 Å². The summed E-state index contributed by atoms with van der Waals surface area (Å²) in [6.45, 7) is 3.17. The van der Waals surface area contributed by atoms with Crippen molar-refractivity contribution in [3.63, 3.8) is 0 Å². The Morgan fingerprint density at radius 3 is 2.40 bits per heavy atom. The first kappa shape index (κ1) is 9.98. The number of carbonyl (C=O) groups is 2. The molecule has 0 saturated heterocycles. The number of hydrogen-bond acceptors (Lipinski definition) is 3. The third-order valence-corrected chi connectivity index (χ3v) is 2.37. The lowest BCUT2D eigenvalue weighted by Crippen LogP contribution is -2.07. The van der Waals surface area contributed by atoms with Gasteiger partial charge >= 0.3 is 0 Å². The van der Waals surface area contributed by atoms with Gasteiger partial charge in [-0.2, -0.15) is 0 Å². The Hall–Kier alpha value is -0.0200. The van der Waals surface area contributed by atoms with E-state index in [1.54, 1.807) is 6.92 Å². The van der Waals surface area contributed by atoms with Gasteiger partial charge < -0.3 is 0 Å². The van der Waals surface area contributed by atoms with E-state index in [-0.39, 0.29) is 16.3 Å². The summed E-state index contributed by atoms with van der Waals surface area (Å²) < 4.78 is 0. The summed E-state index contributed by atoms with van der Waals surface area (Å²) in [7, 11) is 0. The third kappa shape index (κ3) is 4.82. The highest BCUT2D eigenvalue weighted by Gasteiger charge is 2.10. The summed E-state index contributed by atoms with van der Waals surface area (Å²) in [5.41, 5.74) is 0. The zero-order chi connectivity index (χ0) is 8.15. The molecule has 0 bridgehead atoms. The van der Waals surface area contributed by atoms with E-state index < -0.39 is 0 Å². The van der Waals surface area contributed by atoms with Crippen LogP contribution in [0.4, 0.5) is 0 Å². The summed E-state index contributed by atoms with van der Waals surface area (Å²) in [6.07, 6.45) is 0. The molecule has 0 aromatic carbocycles. The fraction of sp³-hybridized carbons (Fsp3) is 0.667. The van der Waals surface area contributed by atoms with Crippen LogP contribution in [0, 0.1) is 5.92 Å². The number of thioether (sulfide) groups is 1. The van der Waals surface area contributed by atoms with Gasteiger partial charge in [0, 0.05) is 18.6 Å². The summed E-state index contributed by atoms with van der Waals surface area (Å²) >= 11 is 6.27. The van der Waals surface area contributed by atoms with E-state index in [4.69, 9.17) is 11.6 Å². The SMILES string of the molecule is CC(=O)SC[C@H](C)C(=O)Cl. The smallest absolute Gasteiger partial charge is 0.225 e. The predicted octanol–water partition coefficient (Wildman–Crippen LogP) is 1.67. The second-order valence-electron chi connectivity index (χ2n) is 2.01. The van der Waals surface area contributed by atoms with Crippen molar-refractivity contribution in [1.29, 1.82) is 0 Å². The summed E-state index contributed by atoms with van der Waals surface area (Å²) in [6, 6.07) is 0. The van der Waals surface area contributed by atoms with Crippen molar-refractivity contribution in [2.75, 3.05) is 5.75 Å². The highest BCUT2D eigenvalue weighted by atomic mass is 35.5. The minimum Gasteiger partial charge on any atom is -0.288 e. The second kappa shape index (κ2) is 4.74. The lowest BCUT2D eigenvalue weighted by molar-refractivity contribution is -0.114. The van der Waals surface area contributed by atoms with Gasteiger partial charge in [-0.05, 0) is 11.6 Å². The molecule has 0 aliphatic heterocycles. The Labute approximate surface area is 69.3 Å². The Morgan fingerprint density at radius 1 is 1.60 bits per heavy atom. The molecule has 0 fully saturated rings. The van der Waals surface area contributed by atoms with Crippen molar-refractivity contribution < 1.29 is 9.59 Å². The number of rotatable bonds is 3. The Kier molecular flexibility index (Phi) is 4.73. The lowest BCUT2D eigenvalue weighted by atomic mass is 10.2. The van der Waals surface area contributed by atoms with E-state index in [2.05, 4.69) is 0 Å². The van der Waals surface area contributed by atoms with Crippen LogP contribution in [0.25, 0.3) is 0 Å². The number of halogens is 1. The molecule has 0 rings (SSSR count). The molecule has 0 spiro atoms. The second-order valence-corrected chi connectivity index (χ2v) is 3.58. The molecule has 0 heterocycles. The van der Waals surface area contributed by atoms with E-state index in [0.717, 1.165) is 11.8 Å². The van der Waals surface area contributed by atoms with Gasteiger partial charge in [0.25, 0.3) is 0 Å². The largest absolute Gasteiger partial charge is 0.288 e. The van der Waals surface area contributed by atoms with Crippen LogP contribution >= 0.6 is 23.4 Å². The first-order chi connectivity index (χ1) is 4.54. The zero-order valence-corrected chi connectivity index (χ0v) is 7.46. The van der Waals surface area contributed by atoms with Gasteiger partial charge in [-0.3, -0.25) is 9.59 Å². The van der Waals surface area contributed by atoms with Gasteiger partial charge in [-0.15, -0.1) is 0 Å². The molecule has 10 heavy (non-hydrogen) atoms. The molecular formula is C6H9ClO2S. The van der Waals surface area contributed by atoms with Crippen LogP contribution in [0.15, 0.2) is 0 Å². The van der Waals surface area contributed by atoms with Crippen molar-refractivity contribution in [3.8, 4) is 0 Å². The monoisotopic (exact) mass is 180 g/mol. The van der Waals surface area contributed by atoms with E-state index in [0.29, 0.717) is 5.75 Å². The Balaban J connectivity index is 3.49. The highest BCUT2D eigenvalue weighted by molar-refractivity contribution is 8.13. The van der Waals surface area contributed by atoms with Crippen LogP contribution < -0.4 is 0 Å². The molecule has 4 heteroatoms. The molecule has 0 aromatic heterocycles. The normalized spacial score (nSPS) is 12.7. The molecule has 1 atom stereocenters. The minimum absolute atomic E-state index is 0.0183. The molecular weight excluding hydrogens is 172 g/mol. The molecule has 0 radical (unpaired) electrons. The summed E-state index contributed by atoms with van der Waals surface area (Å²) in [4.78, 5) is 20.8. The van der Waals surface area contributed by atoms with Gasteiger partial charge in [-0.25, -0.2) is 0 Å². The summed E-state index contributed by atoms with van der Waals surface area (Å²) in [5, 5.41) is -0.362. The fourth-order valence-electron chi connectivity index (χ4n) is 0.308. The Bertz CT molecular complexity index is 147. The van der Waals surface area contributed by atoms with E-state index in [9.17, 15) is 9.59 Å². The molecule has 0 saturated carbocycles.